The van der Waals surface area contributed by atoms with E-state index in [4.69, 9.17) is 0 Å². The molecule has 2 aromatic rings. The molecule has 0 aliphatic heterocycles. The Morgan fingerprint density at radius 2 is 1.81 bits per heavy atom. The van der Waals surface area contributed by atoms with Crippen molar-refractivity contribution >= 4 is 15.7 Å². The minimum absolute atomic E-state index is 0.117. The van der Waals surface area contributed by atoms with Gasteiger partial charge in [0.15, 0.2) is 0 Å². The normalized spacial score (nSPS) is 14.0. The summed E-state index contributed by atoms with van der Waals surface area (Å²) in [7, 11) is -3.85. The van der Waals surface area contributed by atoms with Crippen LogP contribution >= 0.6 is 0 Å². The van der Waals surface area contributed by atoms with Crippen LogP contribution in [0.15, 0.2) is 41.3 Å². The summed E-state index contributed by atoms with van der Waals surface area (Å²) in [5, 5.41) is 9.61. The second kappa shape index (κ2) is 5.04. The van der Waals surface area contributed by atoms with Gasteiger partial charge in [0, 0.05) is 6.07 Å². The molecule has 0 aromatic heterocycles. The van der Waals surface area contributed by atoms with E-state index in [0.29, 0.717) is 0 Å². The molecule has 2 aromatic carbocycles. The minimum atomic E-state index is -3.85. The molecule has 0 amide bonds. The second-order valence-corrected chi connectivity index (χ2v) is 6.73. The number of fused-ring (bicyclic) bond motifs is 1. The zero-order valence-corrected chi connectivity index (χ0v) is 12.0. The van der Waals surface area contributed by atoms with Crippen molar-refractivity contribution < 1.29 is 17.9 Å². The average Bonchev–Trinajstić information content (AvgIpc) is 2.90. The van der Waals surface area contributed by atoms with E-state index >= 15 is 0 Å². The molecule has 0 fully saturated rings. The number of anilines is 1. The maximum Gasteiger partial charge on any atom is 0.262 e. The number of rotatable bonds is 3. The van der Waals surface area contributed by atoms with E-state index in [0.717, 1.165) is 43.0 Å². The summed E-state index contributed by atoms with van der Waals surface area (Å²) < 4.78 is 40.0. The van der Waals surface area contributed by atoms with E-state index in [9.17, 15) is 17.9 Å². The monoisotopic (exact) mass is 307 g/mol. The fourth-order valence-corrected chi connectivity index (χ4v) is 3.62. The van der Waals surface area contributed by atoms with Crippen LogP contribution in [-0.2, 0) is 22.9 Å². The zero-order chi connectivity index (χ0) is 15.0. The molecule has 0 saturated carbocycles. The highest BCUT2D eigenvalue weighted by Crippen LogP contribution is 2.29. The minimum Gasteiger partial charge on any atom is -0.506 e. The molecule has 0 radical (unpaired) electrons. The van der Waals surface area contributed by atoms with Crippen LogP contribution in [0.5, 0.6) is 5.75 Å². The largest absolute Gasteiger partial charge is 0.506 e. The van der Waals surface area contributed by atoms with Gasteiger partial charge in [0.2, 0.25) is 0 Å². The molecule has 1 aliphatic rings. The van der Waals surface area contributed by atoms with Crippen LogP contribution in [0.25, 0.3) is 0 Å². The SMILES string of the molecule is O=S(=O)(Nc1cc(F)ccc1O)c1ccc2c(c1)CCC2. The summed E-state index contributed by atoms with van der Waals surface area (Å²) in [4.78, 5) is 0.117. The van der Waals surface area contributed by atoms with Gasteiger partial charge in [-0.3, -0.25) is 4.72 Å². The number of benzene rings is 2. The van der Waals surface area contributed by atoms with Crippen molar-refractivity contribution in [3.8, 4) is 5.75 Å². The first kappa shape index (κ1) is 13.9. The van der Waals surface area contributed by atoms with Crippen molar-refractivity contribution in [2.24, 2.45) is 0 Å². The lowest BCUT2D eigenvalue weighted by Crippen LogP contribution is -2.13. The van der Waals surface area contributed by atoms with Gasteiger partial charge in [0.1, 0.15) is 11.6 Å². The van der Waals surface area contributed by atoms with Gasteiger partial charge in [0.25, 0.3) is 10.0 Å². The number of nitrogens with one attached hydrogen (secondary N) is 1. The van der Waals surface area contributed by atoms with Crippen LogP contribution in [0, 0.1) is 5.82 Å². The number of aryl methyl sites for hydroxylation is 2. The molecule has 1 aliphatic carbocycles. The van der Waals surface area contributed by atoms with Crippen molar-refractivity contribution in [1.82, 2.24) is 0 Å². The highest BCUT2D eigenvalue weighted by molar-refractivity contribution is 7.92. The summed E-state index contributed by atoms with van der Waals surface area (Å²) >= 11 is 0. The van der Waals surface area contributed by atoms with E-state index in [1.54, 1.807) is 6.07 Å². The van der Waals surface area contributed by atoms with Gasteiger partial charge >= 0.3 is 0 Å². The Hall–Kier alpha value is -2.08. The molecule has 0 saturated heterocycles. The summed E-state index contributed by atoms with van der Waals surface area (Å²) in [6.45, 7) is 0. The van der Waals surface area contributed by atoms with Gasteiger partial charge in [-0.15, -0.1) is 0 Å². The highest BCUT2D eigenvalue weighted by atomic mass is 32.2. The first-order valence-corrected chi connectivity index (χ1v) is 8.07. The molecule has 2 N–H and O–H groups in total. The smallest absolute Gasteiger partial charge is 0.262 e. The number of aromatic hydroxyl groups is 1. The molecular weight excluding hydrogens is 293 g/mol. The number of phenolic OH excluding ortho intramolecular Hbond substituents is 1. The lowest BCUT2D eigenvalue weighted by Gasteiger charge is -2.11. The van der Waals surface area contributed by atoms with E-state index < -0.39 is 15.8 Å². The predicted molar refractivity (Wildman–Crippen MR) is 77.3 cm³/mol. The van der Waals surface area contributed by atoms with E-state index in [2.05, 4.69) is 4.72 Å². The van der Waals surface area contributed by atoms with Crippen LogP contribution in [0.3, 0.4) is 0 Å². The van der Waals surface area contributed by atoms with Crippen LogP contribution in [-0.4, -0.2) is 13.5 Å². The molecule has 6 heteroatoms. The molecule has 110 valence electrons. The Kier molecular flexibility index (Phi) is 3.33. The summed E-state index contributed by atoms with van der Waals surface area (Å²) in [6, 6.07) is 8.09. The third-order valence-electron chi connectivity index (χ3n) is 3.58. The number of hydrogen-bond donors (Lipinski definition) is 2. The first-order chi connectivity index (χ1) is 9.95. The Labute approximate surface area is 122 Å². The molecule has 0 bridgehead atoms. The Bertz CT molecular complexity index is 803. The van der Waals surface area contributed by atoms with Gasteiger partial charge in [-0.2, -0.15) is 0 Å². The van der Waals surface area contributed by atoms with Crippen LogP contribution in [0.2, 0.25) is 0 Å². The third kappa shape index (κ3) is 2.71. The fourth-order valence-electron chi connectivity index (χ4n) is 2.51. The number of hydrogen-bond acceptors (Lipinski definition) is 3. The van der Waals surface area contributed by atoms with Gasteiger partial charge in [-0.1, -0.05) is 6.07 Å². The average molecular weight is 307 g/mol. The third-order valence-corrected chi connectivity index (χ3v) is 4.95. The molecule has 21 heavy (non-hydrogen) atoms. The molecule has 4 nitrogen and oxygen atoms in total. The van der Waals surface area contributed by atoms with E-state index in [1.165, 1.54) is 11.6 Å². The number of phenols is 1. The van der Waals surface area contributed by atoms with Crippen LogP contribution < -0.4 is 4.72 Å². The zero-order valence-electron chi connectivity index (χ0n) is 11.1. The summed E-state index contributed by atoms with van der Waals surface area (Å²) in [5.41, 5.74) is 2.03. The second-order valence-electron chi connectivity index (χ2n) is 5.05. The molecule has 0 spiro atoms. The lowest BCUT2D eigenvalue weighted by molar-refractivity contribution is 0.475. The van der Waals surface area contributed by atoms with E-state index in [-0.39, 0.29) is 16.3 Å². The fraction of sp³-hybridized carbons (Fsp3) is 0.200. The molecule has 0 atom stereocenters. The van der Waals surface area contributed by atoms with Gasteiger partial charge in [-0.25, -0.2) is 12.8 Å². The van der Waals surface area contributed by atoms with Crippen molar-refractivity contribution in [3.63, 3.8) is 0 Å². The predicted octanol–water partition coefficient (Wildman–Crippen LogP) is 2.82. The van der Waals surface area contributed by atoms with Gasteiger partial charge in [0.05, 0.1) is 10.6 Å². The van der Waals surface area contributed by atoms with Gasteiger partial charge < -0.3 is 5.11 Å². The van der Waals surface area contributed by atoms with Crippen LogP contribution in [0.4, 0.5) is 10.1 Å². The van der Waals surface area contributed by atoms with Crippen molar-refractivity contribution in [2.45, 2.75) is 24.2 Å². The first-order valence-electron chi connectivity index (χ1n) is 6.59. The maximum absolute atomic E-state index is 13.2. The van der Waals surface area contributed by atoms with Crippen LogP contribution in [0.1, 0.15) is 17.5 Å². The maximum atomic E-state index is 13.2. The van der Waals surface area contributed by atoms with E-state index in [1.807, 2.05) is 6.07 Å². The summed E-state index contributed by atoms with van der Waals surface area (Å²) in [5.74, 6) is -0.944. The molecular formula is C15H14FNO3S. The Morgan fingerprint density at radius 1 is 1.05 bits per heavy atom. The molecule has 0 unspecified atom stereocenters. The summed E-state index contributed by atoms with van der Waals surface area (Å²) in [6.07, 6.45) is 2.86. The topological polar surface area (TPSA) is 66.4 Å². The molecule has 3 rings (SSSR count). The quantitative estimate of drug-likeness (QED) is 0.857. The lowest BCUT2D eigenvalue weighted by atomic mass is 10.1. The Morgan fingerprint density at radius 3 is 2.62 bits per heavy atom. The van der Waals surface area contributed by atoms with Crippen molar-refractivity contribution in [3.05, 3.63) is 53.3 Å². The van der Waals surface area contributed by atoms with Crippen molar-refractivity contribution in [2.75, 3.05) is 4.72 Å². The molecule has 0 heterocycles. The number of halogens is 1. The van der Waals surface area contributed by atoms with Gasteiger partial charge in [-0.05, 0) is 54.7 Å². The number of sulfonamides is 1. The standard InChI is InChI=1S/C15H14FNO3S/c16-12-5-7-15(18)14(9-12)17-21(19,20)13-6-4-10-2-1-3-11(10)8-13/h4-9,17-18H,1-3H2. The van der Waals surface area contributed by atoms with Crippen molar-refractivity contribution in [1.29, 1.82) is 0 Å². The highest BCUT2D eigenvalue weighted by Gasteiger charge is 2.19. The Balaban J connectivity index is 1.95.